The van der Waals surface area contributed by atoms with E-state index in [0.29, 0.717) is 19.4 Å². The molecule has 0 amide bonds. The normalized spacial score (nSPS) is 39.2. The fraction of sp³-hybridized carbons (Fsp3) is 0.700. The van der Waals surface area contributed by atoms with Gasteiger partial charge < -0.3 is 47.1 Å². The van der Waals surface area contributed by atoms with Crippen molar-refractivity contribution in [3.05, 3.63) is 29.8 Å². The number of phenolic OH excluding ortho intramolecular Hbond substituents is 1. The van der Waals surface area contributed by atoms with E-state index in [1.807, 2.05) is 0 Å². The molecule has 2 aliphatic rings. The quantitative estimate of drug-likeness (QED) is 0.271. The Balaban J connectivity index is 1.58. The van der Waals surface area contributed by atoms with Gasteiger partial charge in [0.15, 0.2) is 0 Å². The molecule has 1 saturated heterocycles. The summed E-state index contributed by atoms with van der Waals surface area (Å²) >= 11 is 0. The maximum Gasteiger partial charge on any atom is 0.115 e. The van der Waals surface area contributed by atoms with E-state index in [4.69, 9.17) is 16.2 Å². The molecule has 1 aliphatic heterocycles. The second kappa shape index (κ2) is 9.23. The van der Waals surface area contributed by atoms with E-state index in [9.17, 15) is 25.5 Å². The molecule has 3 rings (SSSR count). The highest BCUT2D eigenvalue weighted by atomic mass is 16.5. The highest BCUT2D eigenvalue weighted by Crippen LogP contribution is 2.38. The van der Waals surface area contributed by atoms with Gasteiger partial charge in [-0.2, -0.15) is 0 Å². The lowest BCUT2D eigenvalue weighted by molar-refractivity contribution is -0.202. The van der Waals surface area contributed by atoms with E-state index in [0.717, 1.165) is 5.56 Å². The van der Waals surface area contributed by atoms with Crippen LogP contribution in [0.5, 0.6) is 5.75 Å². The standard InChI is InChI=1S/C20H33N3O6/c21-12(7-11-1-3-13(24)4-2-11)9-23-14-8-17(22)20(19(28)18(14)27)6-5-15(25)16(26)10-29-20/h1-4,12,14-19,23-28H,5-10,21-22H2/t12-,14+,15-,16+,17-,18-,19+,20-/m0/s1. The molecule has 1 saturated carbocycles. The topological polar surface area (TPSA) is 174 Å². The zero-order valence-electron chi connectivity index (χ0n) is 16.4. The van der Waals surface area contributed by atoms with Crippen LogP contribution in [0.1, 0.15) is 24.8 Å². The van der Waals surface area contributed by atoms with Crippen LogP contribution < -0.4 is 16.8 Å². The van der Waals surface area contributed by atoms with Crippen LogP contribution >= 0.6 is 0 Å². The Morgan fingerprint density at radius 3 is 2.52 bits per heavy atom. The van der Waals surface area contributed by atoms with Crippen molar-refractivity contribution >= 4 is 0 Å². The van der Waals surface area contributed by atoms with Crippen molar-refractivity contribution in [2.75, 3.05) is 13.2 Å². The van der Waals surface area contributed by atoms with Gasteiger partial charge in [-0.3, -0.25) is 0 Å². The summed E-state index contributed by atoms with van der Waals surface area (Å²) in [7, 11) is 0. The van der Waals surface area contributed by atoms with E-state index in [2.05, 4.69) is 5.32 Å². The molecule has 9 heteroatoms. The molecule has 1 spiro atoms. The second-order valence-electron chi connectivity index (χ2n) is 8.36. The number of benzene rings is 1. The molecule has 8 atom stereocenters. The van der Waals surface area contributed by atoms with Crippen molar-refractivity contribution in [1.82, 2.24) is 5.32 Å². The zero-order chi connectivity index (χ0) is 21.2. The van der Waals surface area contributed by atoms with Crippen molar-refractivity contribution < 1.29 is 30.3 Å². The Morgan fingerprint density at radius 2 is 1.83 bits per heavy atom. The first-order chi connectivity index (χ1) is 13.7. The van der Waals surface area contributed by atoms with Gasteiger partial charge in [-0.15, -0.1) is 0 Å². The molecule has 2 fully saturated rings. The van der Waals surface area contributed by atoms with E-state index >= 15 is 0 Å². The average molecular weight is 411 g/mol. The van der Waals surface area contributed by atoms with Gasteiger partial charge in [0.1, 0.15) is 23.6 Å². The summed E-state index contributed by atoms with van der Waals surface area (Å²) in [6.45, 7) is 0.265. The smallest absolute Gasteiger partial charge is 0.115 e. The second-order valence-corrected chi connectivity index (χ2v) is 8.36. The Labute approximate surface area is 170 Å². The van der Waals surface area contributed by atoms with Crippen molar-refractivity contribution in [3.63, 3.8) is 0 Å². The van der Waals surface area contributed by atoms with E-state index in [-0.39, 0.29) is 31.2 Å². The number of rotatable bonds is 5. The number of aromatic hydroxyl groups is 1. The molecule has 1 aliphatic carbocycles. The molecule has 0 bridgehead atoms. The first kappa shape index (κ1) is 22.4. The van der Waals surface area contributed by atoms with E-state index < -0.39 is 42.1 Å². The first-order valence-corrected chi connectivity index (χ1v) is 10.1. The van der Waals surface area contributed by atoms with Crippen LogP contribution in [0.15, 0.2) is 24.3 Å². The zero-order valence-corrected chi connectivity index (χ0v) is 16.4. The highest BCUT2D eigenvalue weighted by Gasteiger charge is 2.55. The summed E-state index contributed by atoms with van der Waals surface area (Å²) in [4.78, 5) is 0. The minimum absolute atomic E-state index is 0.145. The molecule has 1 heterocycles. The van der Waals surface area contributed by atoms with Gasteiger partial charge >= 0.3 is 0 Å². The molecular formula is C20H33N3O6. The number of ether oxygens (including phenoxy) is 1. The summed E-state index contributed by atoms with van der Waals surface area (Å²) in [6, 6.07) is 5.56. The Kier molecular flexibility index (Phi) is 7.13. The Morgan fingerprint density at radius 1 is 1.14 bits per heavy atom. The lowest BCUT2D eigenvalue weighted by Crippen LogP contribution is -2.70. The maximum atomic E-state index is 10.8. The number of nitrogens with one attached hydrogen (secondary N) is 1. The van der Waals surface area contributed by atoms with Crippen molar-refractivity contribution in [3.8, 4) is 5.75 Å². The lowest BCUT2D eigenvalue weighted by atomic mass is 9.71. The van der Waals surface area contributed by atoms with Crippen LogP contribution in [-0.4, -0.2) is 86.8 Å². The summed E-state index contributed by atoms with van der Waals surface area (Å²) in [6.07, 6.45) is -2.94. The van der Waals surface area contributed by atoms with Crippen LogP contribution in [0.2, 0.25) is 0 Å². The third kappa shape index (κ3) is 4.89. The number of phenols is 1. The molecule has 164 valence electrons. The number of nitrogens with two attached hydrogens (primary N) is 2. The number of hydrogen-bond donors (Lipinski definition) is 8. The third-order valence-corrected chi connectivity index (χ3v) is 6.25. The molecule has 10 N–H and O–H groups in total. The summed E-state index contributed by atoms with van der Waals surface area (Å²) in [5.74, 6) is 0.198. The number of aliphatic hydroxyl groups excluding tert-OH is 4. The third-order valence-electron chi connectivity index (χ3n) is 6.25. The molecule has 1 aromatic rings. The predicted molar refractivity (Wildman–Crippen MR) is 106 cm³/mol. The van der Waals surface area contributed by atoms with E-state index in [1.54, 1.807) is 24.3 Å². The van der Waals surface area contributed by atoms with Crippen molar-refractivity contribution in [2.24, 2.45) is 11.5 Å². The molecule has 0 aromatic heterocycles. The predicted octanol–water partition coefficient (Wildman–Crippen LogP) is -2.06. The van der Waals surface area contributed by atoms with Crippen LogP contribution in [0, 0.1) is 0 Å². The van der Waals surface area contributed by atoms with Gasteiger partial charge in [0, 0.05) is 24.7 Å². The first-order valence-electron chi connectivity index (χ1n) is 10.1. The van der Waals surface area contributed by atoms with Gasteiger partial charge in [0.25, 0.3) is 0 Å². The maximum absolute atomic E-state index is 10.8. The Bertz CT molecular complexity index is 648. The number of hydrogen-bond acceptors (Lipinski definition) is 9. The molecule has 1 aromatic carbocycles. The molecule has 9 nitrogen and oxygen atoms in total. The largest absolute Gasteiger partial charge is 0.508 e. The van der Waals surface area contributed by atoms with Crippen LogP contribution in [0.3, 0.4) is 0 Å². The van der Waals surface area contributed by atoms with Crippen molar-refractivity contribution in [2.45, 2.75) is 73.8 Å². The van der Waals surface area contributed by atoms with E-state index in [1.165, 1.54) is 0 Å². The van der Waals surface area contributed by atoms with Crippen LogP contribution in [-0.2, 0) is 11.2 Å². The van der Waals surface area contributed by atoms with Crippen molar-refractivity contribution in [1.29, 1.82) is 0 Å². The van der Waals surface area contributed by atoms with Gasteiger partial charge in [0.2, 0.25) is 0 Å². The molecular weight excluding hydrogens is 378 g/mol. The summed E-state index contributed by atoms with van der Waals surface area (Å²) in [5.41, 5.74) is 12.3. The van der Waals surface area contributed by atoms with Gasteiger partial charge in [-0.05, 0) is 43.4 Å². The van der Waals surface area contributed by atoms with Crippen LogP contribution in [0.4, 0.5) is 0 Å². The molecule has 29 heavy (non-hydrogen) atoms. The lowest BCUT2D eigenvalue weighted by Gasteiger charge is -2.50. The SMILES string of the molecule is N[C@H](CN[C@@H]1C[C@H](N)[C@@]2(CC[C@H](O)[C@H](O)CO2)[C@H](O)[C@H]1O)Cc1ccc(O)cc1. The average Bonchev–Trinajstić information content (AvgIpc) is 2.84. The monoisotopic (exact) mass is 411 g/mol. The summed E-state index contributed by atoms with van der Waals surface area (Å²) < 4.78 is 5.75. The van der Waals surface area contributed by atoms with Gasteiger partial charge in [0.05, 0.1) is 18.8 Å². The minimum Gasteiger partial charge on any atom is -0.508 e. The minimum atomic E-state index is -1.26. The fourth-order valence-electron chi connectivity index (χ4n) is 4.37. The van der Waals surface area contributed by atoms with Gasteiger partial charge in [-0.1, -0.05) is 12.1 Å². The fourth-order valence-corrected chi connectivity index (χ4v) is 4.37. The molecule has 0 radical (unpaired) electrons. The molecule has 0 unspecified atom stereocenters. The van der Waals surface area contributed by atoms with Crippen LogP contribution in [0.25, 0.3) is 0 Å². The Hall–Kier alpha value is -1.30. The summed E-state index contributed by atoms with van der Waals surface area (Å²) in [5, 5.41) is 53.8. The van der Waals surface area contributed by atoms with Gasteiger partial charge in [-0.25, -0.2) is 0 Å². The highest BCUT2D eigenvalue weighted by molar-refractivity contribution is 5.26. The number of aliphatic hydroxyl groups is 4.